The molecular formula is C25H30Br2N4O2. The van der Waals surface area contributed by atoms with Gasteiger partial charge in [-0.1, -0.05) is 75.4 Å². The molecule has 0 atom stereocenters. The lowest BCUT2D eigenvalue weighted by atomic mass is 10.1. The smallest absolute Gasteiger partial charge is 0.240 e. The third-order valence-corrected chi connectivity index (χ3v) is 6.09. The third kappa shape index (κ3) is 10.9. The number of carbonyl (C=O) groups is 2. The largest absolute Gasteiger partial charge is 0.273 e. The van der Waals surface area contributed by atoms with E-state index in [1.54, 1.807) is 0 Å². The van der Waals surface area contributed by atoms with Crippen molar-refractivity contribution in [3.8, 4) is 0 Å². The summed E-state index contributed by atoms with van der Waals surface area (Å²) in [5.41, 5.74) is 8.72. The summed E-state index contributed by atoms with van der Waals surface area (Å²) in [7, 11) is 0. The van der Waals surface area contributed by atoms with Crippen molar-refractivity contribution in [1.82, 2.24) is 10.9 Å². The van der Waals surface area contributed by atoms with Crippen LogP contribution >= 0.6 is 31.9 Å². The summed E-state index contributed by atoms with van der Waals surface area (Å²) < 4.78 is 2.01. The Balaban J connectivity index is 1.53. The highest BCUT2D eigenvalue weighted by Crippen LogP contribution is 2.12. The average Bonchev–Trinajstić information content (AvgIpc) is 2.81. The highest BCUT2D eigenvalue weighted by molar-refractivity contribution is 9.10. The van der Waals surface area contributed by atoms with E-state index in [-0.39, 0.29) is 11.8 Å². The van der Waals surface area contributed by atoms with Gasteiger partial charge in [-0.05, 0) is 62.1 Å². The maximum atomic E-state index is 12.0. The Morgan fingerprint density at radius 3 is 1.33 bits per heavy atom. The zero-order chi connectivity index (χ0) is 24.1. The zero-order valence-corrected chi connectivity index (χ0v) is 22.2. The Hall–Kier alpha value is -2.32. The van der Waals surface area contributed by atoms with E-state index >= 15 is 0 Å². The quantitative estimate of drug-likeness (QED) is 0.176. The highest BCUT2D eigenvalue weighted by atomic mass is 79.9. The van der Waals surface area contributed by atoms with Gasteiger partial charge in [-0.15, -0.1) is 0 Å². The number of halogens is 2. The molecule has 0 saturated heterocycles. The molecule has 0 aliphatic carbocycles. The van der Waals surface area contributed by atoms with E-state index in [1.165, 1.54) is 0 Å². The monoisotopic (exact) mass is 576 g/mol. The number of nitrogens with zero attached hydrogens (tertiary/aromatic N) is 2. The average molecular weight is 578 g/mol. The molecule has 0 aliphatic heterocycles. The molecule has 0 aromatic heterocycles. The van der Waals surface area contributed by atoms with Crippen LogP contribution in [0, 0.1) is 0 Å². The van der Waals surface area contributed by atoms with Crippen molar-refractivity contribution < 1.29 is 9.59 Å². The van der Waals surface area contributed by atoms with Crippen LogP contribution in [0.1, 0.15) is 69.9 Å². The molecular weight excluding hydrogens is 548 g/mol. The van der Waals surface area contributed by atoms with E-state index in [0.29, 0.717) is 12.8 Å². The van der Waals surface area contributed by atoms with Gasteiger partial charge in [0, 0.05) is 21.8 Å². The lowest BCUT2D eigenvalue weighted by Crippen LogP contribution is -2.19. The van der Waals surface area contributed by atoms with Crippen molar-refractivity contribution in [3.05, 3.63) is 68.6 Å². The summed E-state index contributed by atoms with van der Waals surface area (Å²) in [6, 6.07) is 15.6. The summed E-state index contributed by atoms with van der Waals surface area (Å²) >= 11 is 6.80. The second kappa shape index (κ2) is 14.8. The fraction of sp³-hybridized carbons (Fsp3) is 0.360. The first kappa shape index (κ1) is 26.9. The van der Waals surface area contributed by atoms with Gasteiger partial charge in [-0.2, -0.15) is 10.2 Å². The van der Waals surface area contributed by atoms with Crippen molar-refractivity contribution in [2.75, 3.05) is 0 Å². The zero-order valence-electron chi connectivity index (χ0n) is 19.0. The van der Waals surface area contributed by atoms with Crippen molar-refractivity contribution >= 4 is 55.1 Å². The molecule has 0 saturated carbocycles. The Labute approximate surface area is 212 Å². The van der Waals surface area contributed by atoms with Gasteiger partial charge in [0.15, 0.2) is 0 Å². The molecule has 6 nitrogen and oxygen atoms in total. The number of hydrogen-bond acceptors (Lipinski definition) is 4. The Morgan fingerprint density at radius 2 is 0.970 bits per heavy atom. The third-order valence-electron chi connectivity index (χ3n) is 5.03. The Kier molecular flexibility index (Phi) is 12.0. The van der Waals surface area contributed by atoms with Crippen LogP contribution in [0.15, 0.2) is 67.7 Å². The van der Waals surface area contributed by atoms with E-state index in [2.05, 4.69) is 52.9 Å². The standard InChI is InChI=1S/C25H30Br2N4O2/c1-18(20-10-14-22(26)15-11-20)28-30-24(32)8-6-4-3-5-7-9-25(33)31-29-19(2)21-12-16-23(27)17-13-21/h10-17H,3-9H2,1-2H3,(H,30,32)(H,31,33)/b28-18+,29-19+. The molecule has 176 valence electrons. The van der Waals surface area contributed by atoms with Crippen molar-refractivity contribution in [2.24, 2.45) is 10.2 Å². The molecule has 2 aromatic carbocycles. The predicted molar refractivity (Wildman–Crippen MR) is 141 cm³/mol. The number of benzene rings is 2. The molecule has 2 rings (SSSR count). The van der Waals surface area contributed by atoms with Gasteiger partial charge >= 0.3 is 0 Å². The molecule has 0 unspecified atom stereocenters. The minimum atomic E-state index is -0.0788. The fourth-order valence-electron chi connectivity index (χ4n) is 3.02. The van der Waals surface area contributed by atoms with Crippen molar-refractivity contribution in [2.45, 2.75) is 58.8 Å². The summed E-state index contributed by atoms with van der Waals surface area (Å²) in [6.45, 7) is 3.74. The normalized spacial score (nSPS) is 11.9. The molecule has 2 amide bonds. The summed E-state index contributed by atoms with van der Waals surface area (Å²) in [4.78, 5) is 23.9. The molecule has 33 heavy (non-hydrogen) atoms. The SMILES string of the molecule is C/C(=N\NC(=O)CCCCCCCC(=O)N/N=C(\C)c1ccc(Br)cc1)c1ccc(Br)cc1. The molecule has 8 heteroatoms. The van der Waals surface area contributed by atoms with Crippen molar-refractivity contribution in [1.29, 1.82) is 0 Å². The molecule has 2 aromatic rings. The number of hydrogen-bond donors (Lipinski definition) is 2. The van der Waals surface area contributed by atoms with Crippen LogP contribution in [0.4, 0.5) is 0 Å². The van der Waals surface area contributed by atoms with E-state index in [0.717, 1.165) is 63.6 Å². The first-order valence-corrected chi connectivity index (χ1v) is 12.6. The fourth-order valence-corrected chi connectivity index (χ4v) is 3.55. The first-order chi connectivity index (χ1) is 15.8. The van der Waals surface area contributed by atoms with Gasteiger partial charge in [-0.3, -0.25) is 9.59 Å². The van der Waals surface area contributed by atoms with E-state index < -0.39 is 0 Å². The molecule has 0 radical (unpaired) electrons. The van der Waals surface area contributed by atoms with Crippen LogP contribution in [0.3, 0.4) is 0 Å². The maximum absolute atomic E-state index is 12.0. The second-order valence-corrected chi connectivity index (χ2v) is 9.58. The number of rotatable bonds is 12. The lowest BCUT2D eigenvalue weighted by molar-refractivity contribution is -0.121. The van der Waals surface area contributed by atoms with Crippen molar-refractivity contribution in [3.63, 3.8) is 0 Å². The van der Waals surface area contributed by atoms with E-state index in [1.807, 2.05) is 62.4 Å². The van der Waals surface area contributed by atoms with Gasteiger partial charge in [0.1, 0.15) is 0 Å². The Bertz CT molecular complexity index is 891. The maximum Gasteiger partial charge on any atom is 0.240 e. The number of hydrazone groups is 2. The Morgan fingerprint density at radius 1 is 0.636 bits per heavy atom. The predicted octanol–water partition coefficient (Wildman–Crippen LogP) is 6.32. The van der Waals surface area contributed by atoms with E-state index in [9.17, 15) is 9.59 Å². The summed E-state index contributed by atoms with van der Waals surface area (Å²) in [5.74, 6) is -0.158. The lowest BCUT2D eigenvalue weighted by Gasteiger charge is -2.04. The molecule has 0 fully saturated rings. The highest BCUT2D eigenvalue weighted by Gasteiger charge is 2.04. The number of unbranched alkanes of at least 4 members (excludes halogenated alkanes) is 4. The van der Waals surface area contributed by atoms with Gasteiger partial charge in [-0.25, -0.2) is 10.9 Å². The topological polar surface area (TPSA) is 82.9 Å². The summed E-state index contributed by atoms with van der Waals surface area (Å²) in [5, 5.41) is 8.34. The van der Waals surface area contributed by atoms with E-state index in [4.69, 9.17) is 0 Å². The second-order valence-electron chi connectivity index (χ2n) is 7.75. The number of carbonyl (C=O) groups excluding carboxylic acids is 2. The number of nitrogens with one attached hydrogen (secondary N) is 2. The van der Waals surface area contributed by atoms with Crippen LogP contribution in [0.5, 0.6) is 0 Å². The van der Waals surface area contributed by atoms with Crippen LogP contribution in [0.2, 0.25) is 0 Å². The molecule has 0 heterocycles. The number of amides is 2. The summed E-state index contributed by atoms with van der Waals surface area (Å²) in [6.07, 6.45) is 5.39. The van der Waals surface area contributed by atoms with Crippen LogP contribution < -0.4 is 10.9 Å². The minimum absolute atomic E-state index is 0.0788. The van der Waals surface area contributed by atoms with Gasteiger partial charge < -0.3 is 0 Å². The molecule has 2 N–H and O–H groups in total. The van der Waals surface area contributed by atoms with Gasteiger partial charge in [0.2, 0.25) is 11.8 Å². The molecule has 0 spiro atoms. The first-order valence-electron chi connectivity index (χ1n) is 11.0. The minimum Gasteiger partial charge on any atom is -0.273 e. The van der Waals surface area contributed by atoms with Crippen LogP contribution in [0.25, 0.3) is 0 Å². The van der Waals surface area contributed by atoms with Crippen LogP contribution in [-0.2, 0) is 9.59 Å². The molecule has 0 bridgehead atoms. The van der Waals surface area contributed by atoms with Gasteiger partial charge in [0.25, 0.3) is 0 Å². The van der Waals surface area contributed by atoms with Crippen LogP contribution in [-0.4, -0.2) is 23.2 Å². The van der Waals surface area contributed by atoms with Gasteiger partial charge in [0.05, 0.1) is 11.4 Å². The molecule has 0 aliphatic rings.